The van der Waals surface area contributed by atoms with Gasteiger partial charge in [-0.1, -0.05) is 12.1 Å². The van der Waals surface area contributed by atoms with Gasteiger partial charge in [-0.2, -0.15) is 18.3 Å². The van der Waals surface area contributed by atoms with Gasteiger partial charge < -0.3 is 10.1 Å². The molecule has 33 heavy (non-hydrogen) atoms. The predicted molar refractivity (Wildman–Crippen MR) is 117 cm³/mol. The van der Waals surface area contributed by atoms with Crippen LogP contribution in [0.1, 0.15) is 15.9 Å². The Hall–Kier alpha value is -4.40. The Kier molecular flexibility index (Phi) is 4.93. The fraction of sp³-hybridized carbons (Fsp3) is 0.0417. The molecule has 0 aliphatic heterocycles. The average molecular weight is 448 g/mol. The summed E-state index contributed by atoms with van der Waals surface area (Å²) in [5, 5.41) is 11.8. The molecule has 0 radical (unpaired) electrons. The molecule has 3 aromatic carbocycles. The zero-order chi connectivity index (χ0) is 23.0. The van der Waals surface area contributed by atoms with Crippen molar-refractivity contribution in [3.05, 3.63) is 90.3 Å². The minimum absolute atomic E-state index is 0.127. The van der Waals surface area contributed by atoms with Gasteiger partial charge in [-0.15, -0.1) is 0 Å². The molecule has 0 saturated carbocycles. The molecule has 1 amide bonds. The largest absolute Gasteiger partial charge is 0.456 e. The monoisotopic (exact) mass is 448 g/mol. The second kappa shape index (κ2) is 7.94. The van der Waals surface area contributed by atoms with Gasteiger partial charge in [0, 0.05) is 22.8 Å². The van der Waals surface area contributed by atoms with Crippen molar-refractivity contribution >= 4 is 33.4 Å². The fourth-order valence-electron chi connectivity index (χ4n) is 3.48. The van der Waals surface area contributed by atoms with Gasteiger partial charge in [0.05, 0.1) is 17.1 Å². The number of nitrogens with one attached hydrogen (secondary N) is 2. The quantitative estimate of drug-likeness (QED) is 0.344. The fourth-order valence-corrected chi connectivity index (χ4v) is 3.48. The Balaban J connectivity index is 1.39. The third-order valence-corrected chi connectivity index (χ3v) is 5.12. The van der Waals surface area contributed by atoms with Crippen LogP contribution in [0.2, 0.25) is 0 Å². The molecule has 2 heterocycles. The number of hydrogen-bond acceptors (Lipinski definition) is 4. The summed E-state index contributed by atoms with van der Waals surface area (Å²) in [4.78, 5) is 16.8. The second-order valence-corrected chi connectivity index (χ2v) is 7.26. The highest BCUT2D eigenvalue weighted by Crippen LogP contribution is 2.33. The van der Waals surface area contributed by atoms with Gasteiger partial charge >= 0.3 is 6.18 Å². The van der Waals surface area contributed by atoms with E-state index in [9.17, 15) is 18.0 Å². The Morgan fingerprint density at radius 1 is 0.970 bits per heavy atom. The van der Waals surface area contributed by atoms with Crippen LogP contribution in [0.3, 0.4) is 0 Å². The van der Waals surface area contributed by atoms with E-state index in [1.165, 1.54) is 0 Å². The number of ether oxygens (including phenoxy) is 1. The predicted octanol–water partition coefficient (Wildman–Crippen LogP) is 6.17. The Bertz CT molecular complexity index is 1480. The van der Waals surface area contributed by atoms with Gasteiger partial charge in [-0.25, -0.2) is 4.98 Å². The van der Waals surface area contributed by atoms with Crippen molar-refractivity contribution < 1.29 is 22.7 Å². The first kappa shape index (κ1) is 20.5. The Morgan fingerprint density at radius 3 is 2.58 bits per heavy atom. The highest BCUT2D eigenvalue weighted by atomic mass is 19.4. The molecule has 0 aliphatic carbocycles. The lowest BCUT2D eigenvalue weighted by Crippen LogP contribution is -2.13. The van der Waals surface area contributed by atoms with Gasteiger partial charge in [0.15, 0.2) is 5.65 Å². The van der Waals surface area contributed by atoms with Crippen molar-refractivity contribution in [1.29, 1.82) is 0 Å². The van der Waals surface area contributed by atoms with E-state index in [1.54, 1.807) is 42.7 Å². The number of pyridine rings is 1. The lowest BCUT2D eigenvalue weighted by atomic mass is 10.1. The highest BCUT2D eigenvalue weighted by molar-refractivity contribution is 6.09. The van der Waals surface area contributed by atoms with Crippen LogP contribution in [0.4, 0.5) is 18.9 Å². The van der Waals surface area contributed by atoms with Crippen LogP contribution < -0.4 is 10.1 Å². The number of fused-ring (bicyclic) bond motifs is 2. The zero-order valence-corrected chi connectivity index (χ0v) is 16.9. The van der Waals surface area contributed by atoms with Crippen molar-refractivity contribution in [2.75, 3.05) is 5.32 Å². The van der Waals surface area contributed by atoms with Crippen molar-refractivity contribution in [1.82, 2.24) is 15.2 Å². The molecule has 0 bridgehead atoms. The minimum atomic E-state index is -4.45. The van der Waals surface area contributed by atoms with Crippen LogP contribution in [0.5, 0.6) is 11.5 Å². The van der Waals surface area contributed by atoms with Crippen LogP contribution in [0, 0.1) is 0 Å². The van der Waals surface area contributed by atoms with Crippen LogP contribution in [-0.4, -0.2) is 21.1 Å². The molecule has 0 aliphatic rings. The maximum Gasteiger partial charge on any atom is 0.416 e. The number of nitrogens with zero attached hydrogens (tertiary/aromatic N) is 2. The maximum absolute atomic E-state index is 12.8. The number of aromatic amines is 1. The topological polar surface area (TPSA) is 79.9 Å². The number of benzene rings is 3. The van der Waals surface area contributed by atoms with Gasteiger partial charge in [0.25, 0.3) is 5.91 Å². The smallest absolute Gasteiger partial charge is 0.416 e. The van der Waals surface area contributed by atoms with E-state index in [-0.39, 0.29) is 5.56 Å². The highest BCUT2D eigenvalue weighted by Gasteiger charge is 2.30. The van der Waals surface area contributed by atoms with Crippen LogP contribution in [-0.2, 0) is 6.18 Å². The number of carbonyl (C=O) groups is 1. The van der Waals surface area contributed by atoms with E-state index in [0.717, 1.165) is 40.4 Å². The van der Waals surface area contributed by atoms with Gasteiger partial charge in [0.2, 0.25) is 0 Å². The number of H-pyrrole nitrogens is 1. The first-order valence-corrected chi connectivity index (χ1v) is 9.86. The van der Waals surface area contributed by atoms with Crippen LogP contribution in [0.25, 0.3) is 21.8 Å². The number of rotatable bonds is 4. The summed E-state index contributed by atoms with van der Waals surface area (Å²) in [7, 11) is 0. The van der Waals surface area contributed by atoms with Crippen molar-refractivity contribution in [3.8, 4) is 11.5 Å². The van der Waals surface area contributed by atoms with E-state index >= 15 is 0 Å². The van der Waals surface area contributed by atoms with Gasteiger partial charge in [-0.05, 0) is 60.0 Å². The summed E-state index contributed by atoms with van der Waals surface area (Å²) in [5.41, 5.74) is 0.465. The standard InChI is InChI=1S/C24H15F3N4O2/c25-24(26,27)16-6-4-14(5-7-16)23(32)30-20-3-1-2-15-12-17(8-9-18(15)20)33-21-10-11-28-22-19(21)13-29-31-22/h1-13H,(H,30,32)(H,28,29,31). The van der Waals surface area contributed by atoms with Crippen molar-refractivity contribution in [2.45, 2.75) is 6.18 Å². The van der Waals surface area contributed by atoms with Crippen LogP contribution >= 0.6 is 0 Å². The van der Waals surface area contributed by atoms with E-state index < -0.39 is 17.6 Å². The average Bonchev–Trinajstić information content (AvgIpc) is 3.29. The van der Waals surface area contributed by atoms with E-state index in [0.29, 0.717) is 22.8 Å². The summed E-state index contributed by atoms with van der Waals surface area (Å²) in [6.45, 7) is 0. The first-order chi connectivity index (χ1) is 15.9. The molecule has 2 aromatic heterocycles. The number of amides is 1. The Morgan fingerprint density at radius 2 is 1.79 bits per heavy atom. The summed E-state index contributed by atoms with van der Waals surface area (Å²) in [6, 6.07) is 16.6. The number of carbonyl (C=O) groups excluding carboxylic acids is 1. The summed E-state index contributed by atoms with van der Waals surface area (Å²) in [6.07, 6.45) is -1.20. The summed E-state index contributed by atoms with van der Waals surface area (Å²) in [5.74, 6) is 0.679. The van der Waals surface area contributed by atoms with Crippen molar-refractivity contribution in [3.63, 3.8) is 0 Å². The second-order valence-electron chi connectivity index (χ2n) is 7.26. The lowest BCUT2D eigenvalue weighted by Gasteiger charge is -2.12. The zero-order valence-electron chi connectivity index (χ0n) is 16.9. The molecule has 0 unspecified atom stereocenters. The molecule has 5 rings (SSSR count). The molecule has 164 valence electrons. The molecule has 9 heteroatoms. The van der Waals surface area contributed by atoms with Crippen LogP contribution in [0.15, 0.2) is 79.1 Å². The molecule has 0 atom stereocenters. The summed E-state index contributed by atoms with van der Waals surface area (Å²) >= 11 is 0. The molecule has 0 saturated heterocycles. The molecule has 5 aromatic rings. The van der Waals surface area contributed by atoms with E-state index in [1.807, 2.05) is 12.1 Å². The SMILES string of the molecule is O=C(Nc1cccc2cc(Oc3ccnc4[nH]ncc34)ccc12)c1ccc(C(F)(F)F)cc1. The number of aromatic nitrogens is 3. The number of hydrogen-bond donors (Lipinski definition) is 2. The van der Waals surface area contributed by atoms with E-state index in [2.05, 4.69) is 20.5 Å². The van der Waals surface area contributed by atoms with E-state index in [4.69, 9.17) is 4.74 Å². The first-order valence-electron chi connectivity index (χ1n) is 9.86. The molecular formula is C24H15F3N4O2. The third kappa shape index (κ3) is 4.08. The Labute approximate surface area is 185 Å². The lowest BCUT2D eigenvalue weighted by molar-refractivity contribution is -0.137. The normalized spacial score (nSPS) is 11.6. The minimum Gasteiger partial charge on any atom is -0.456 e. The molecule has 6 nitrogen and oxygen atoms in total. The molecular weight excluding hydrogens is 433 g/mol. The number of anilines is 1. The summed E-state index contributed by atoms with van der Waals surface area (Å²) < 4.78 is 44.3. The molecule has 0 spiro atoms. The number of halogens is 3. The number of alkyl halides is 3. The third-order valence-electron chi connectivity index (χ3n) is 5.12. The van der Waals surface area contributed by atoms with Gasteiger partial charge in [-0.3, -0.25) is 9.89 Å². The van der Waals surface area contributed by atoms with Gasteiger partial charge in [0.1, 0.15) is 11.5 Å². The maximum atomic E-state index is 12.8. The molecule has 0 fully saturated rings. The van der Waals surface area contributed by atoms with Crippen molar-refractivity contribution in [2.24, 2.45) is 0 Å². The molecule has 2 N–H and O–H groups in total.